The standard InChI is InChI=1S/C20H18ClN7O2/c1-3-18(29)23-13-7-8-15(21)17(10-13)30-19-16-6-5-9-28(16)26-20(25-19)24-14-11-22-27(4-2)12-14/h3,5-12H,1,4H2,2H3,(H,23,29)(H,24,26). The minimum Gasteiger partial charge on any atom is -0.435 e. The number of aryl methyl sites for hydroxylation is 1. The van der Waals surface area contributed by atoms with Crippen LogP contribution in [0.4, 0.5) is 17.3 Å². The third-order valence-corrected chi connectivity index (χ3v) is 4.47. The predicted octanol–water partition coefficient (Wildman–Crippen LogP) is 4.26. The first-order chi connectivity index (χ1) is 14.6. The Hall–Kier alpha value is -3.85. The highest BCUT2D eigenvalue weighted by molar-refractivity contribution is 6.32. The van der Waals surface area contributed by atoms with E-state index in [-0.39, 0.29) is 5.91 Å². The Morgan fingerprint density at radius 1 is 1.33 bits per heavy atom. The second kappa shape index (κ2) is 8.26. The summed E-state index contributed by atoms with van der Waals surface area (Å²) in [4.78, 5) is 16.1. The summed E-state index contributed by atoms with van der Waals surface area (Å²) in [7, 11) is 0. The van der Waals surface area contributed by atoms with Gasteiger partial charge in [-0.25, -0.2) is 4.52 Å². The van der Waals surface area contributed by atoms with Gasteiger partial charge in [0.25, 0.3) is 0 Å². The molecule has 1 aromatic carbocycles. The van der Waals surface area contributed by atoms with Crippen LogP contribution in [-0.2, 0) is 11.3 Å². The highest BCUT2D eigenvalue weighted by Gasteiger charge is 2.13. The Kier molecular flexibility index (Phi) is 5.36. The summed E-state index contributed by atoms with van der Waals surface area (Å²) < 4.78 is 9.43. The lowest BCUT2D eigenvalue weighted by molar-refractivity contribution is -0.111. The van der Waals surface area contributed by atoms with E-state index in [1.54, 1.807) is 39.8 Å². The fourth-order valence-corrected chi connectivity index (χ4v) is 2.88. The van der Waals surface area contributed by atoms with Crippen molar-refractivity contribution in [3.8, 4) is 11.6 Å². The lowest BCUT2D eigenvalue weighted by atomic mass is 10.3. The van der Waals surface area contributed by atoms with Crippen molar-refractivity contribution < 1.29 is 9.53 Å². The molecule has 30 heavy (non-hydrogen) atoms. The molecule has 0 spiro atoms. The molecule has 4 rings (SSSR count). The highest BCUT2D eigenvalue weighted by atomic mass is 35.5. The first-order valence-electron chi connectivity index (χ1n) is 9.11. The van der Waals surface area contributed by atoms with Crippen LogP contribution >= 0.6 is 11.6 Å². The van der Waals surface area contributed by atoms with Crippen LogP contribution in [0.1, 0.15) is 6.92 Å². The summed E-state index contributed by atoms with van der Waals surface area (Å²) in [6, 6.07) is 8.57. The monoisotopic (exact) mass is 423 g/mol. The van der Waals surface area contributed by atoms with Gasteiger partial charge in [-0.1, -0.05) is 18.2 Å². The maximum Gasteiger partial charge on any atom is 0.248 e. The van der Waals surface area contributed by atoms with E-state index in [2.05, 4.69) is 32.4 Å². The van der Waals surface area contributed by atoms with Gasteiger partial charge in [0.15, 0.2) is 0 Å². The predicted molar refractivity (Wildman–Crippen MR) is 115 cm³/mol. The number of anilines is 3. The average Bonchev–Trinajstić information content (AvgIpc) is 3.39. The number of nitrogens with zero attached hydrogens (tertiary/aromatic N) is 5. The number of nitrogens with one attached hydrogen (secondary N) is 2. The molecule has 0 unspecified atom stereocenters. The van der Waals surface area contributed by atoms with Gasteiger partial charge in [-0.2, -0.15) is 10.1 Å². The molecule has 0 aliphatic carbocycles. The van der Waals surface area contributed by atoms with E-state index in [1.807, 2.05) is 25.3 Å². The van der Waals surface area contributed by atoms with Crippen molar-refractivity contribution in [3.05, 3.63) is 66.6 Å². The molecule has 0 aliphatic rings. The van der Waals surface area contributed by atoms with E-state index >= 15 is 0 Å². The minimum atomic E-state index is -0.335. The molecule has 10 heteroatoms. The number of fused-ring (bicyclic) bond motifs is 1. The van der Waals surface area contributed by atoms with Crippen LogP contribution in [-0.4, -0.2) is 30.3 Å². The van der Waals surface area contributed by atoms with Gasteiger partial charge in [-0.15, -0.1) is 5.10 Å². The van der Waals surface area contributed by atoms with Gasteiger partial charge in [0, 0.05) is 30.7 Å². The second-order valence-electron chi connectivity index (χ2n) is 6.23. The quantitative estimate of drug-likeness (QED) is 0.431. The summed E-state index contributed by atoms with van der Waals surface area (Å²) in [6.45, 7) is 6.20. The van der Waals surface area contributed by atoms with Gasteiger partial charge < -0.3 is 15.4 Å². The number of hydrogen-bond acceptors (Lipinski definition) is 6. The van der Waals surface area contributed by atoms with Crippen LogP contribution in [0.25, 0.3) is 5.52 Å². The maximum atomic E-state index is 11.6. The second-order valence-corrected chi connectivity index (χ2v) is 6.64. The van der Waals surface area contributed by atoms with E-state index in [4.69, 9.17) is 16.3 Å². The number of amides is 1. The summed E-state index contributed by atoms with van der Waals surface area (Å²) in [6.07, 6.45) is 6.51. The molecule has 0 atom stereocenters. The molecule has 0 bridgehead atoms. The number of carbonyl (C=O) groups excluding carboxylic acids is 1. The molecule has 4 aromatic rings. The first-order valence-corrected chi connectivity index (χ1v) is 9.49. The molecule has 9 nitrogen and oxygen atoms in total. The zero-order chi connectivity index (χ0) is 21.1. The van der Waals surface area contributed by atoms with E-state index in [0.717, 1.165) is 12.2 Å². The third kappa shape index (κ3) is 4.11. The van der Waals surface area contributed by atoms with Crippen LogP contribution in [0.5, 0.6) is 11.6 Å². The number of halogens is 1. The van der Waals surface area contributed by atoms with E-state index in [9.17, 15) is 4.79 Å². The molecule has 0 fully saturated rings. The molecule has 3 aromatic heterocycles. The van der Waals surface area contributed by atoms with Crippen LogP contribution in [0.3, 0.4) is 0 Å². The maximum absolute atomic E-state index is 11.6. The minimum absolute atomic E-state index is 0.300. The van der Waals surface area contributed by atoms with Crippen LogP contribution in [0.15, 0.2) is 61.6 Å². The van der Waals surface area contributed by atoms with E-state index in [0.29, 0.717) is 33.8 Å². The van der Waals surface area contributed by atoms with E-state index < -0.39 is 0 Å². The molecule has 3 heterocycles. The van der Waals surface area contributed by atoms with Crippen molar-refractivity contribution in [2.75, 3.05) is 10.6 Å². The lowest BCUT2D eigenvalue weighted by Gasteiger charge is -2.12. The Balaban J connectivity index is 1.67. The molecule has 0 radical (unpaired) electrons. The van der Waals surface area contributed by atoms with Gasteiger partial charge in [0.2, 0.25) is 17.7 Å². The molecule has 1 amide bonds. The Morgan fingerprint density at radius 2 is 2.20 bits per heavy atom. The summed E-state index contributed by atoms with van der Waals surface area (Å²) in [5.74, 6) is 0.634. The number of aromatic nitrogens is 5. The largest absolute Gasteiger partial charge is 0.435 e. The van der Waals surface area contributed by atoms with Crippen LogP contribution in [0.2, 0.25) is 5.02 Å². The lowest BCUT2D eigenvalue weighted by Crippen LogP contribution is -2.07. The highest BCUT2D eigenvalue weighted by Crippen LogP contribution is 2.33. The smallest absolute Gasteiger partial charge is 0.248 e. The fraction of sp³-hybridized carbons (Fsp3) is 0.100. The van der Waals surface area contributed by atoms with Crippen molar-refractivity contribution in [2.24, 2.45) is 0 Å². The Labute approximate surface area is 176 Å². The van der Waals surface area contributed by atoms with Crippen LogP contribution < -0.4 is 15.4 Å². The summed E-state index contributed by atoms with van der Waals surface area (Å²) in [5, 5.41) is 14.8. The molecular formula is C20H18ClN7O2. The molecule has 2 N–H and O–H groups in total. The third-order valence-electron chi connectivity index (χ3n) is 4.16. The van der Waals surface area contributed by atoms with E-state index in [1.165, 1.54) is 6.08 Å². The SMILES string of the molecule is C=CC(=O)Nc1ccc(Cl)c(Oc2nc(Nc3cnn(CC)c3)nn3cccc23)c1. The fourth-order valence-electron chi connectivity index (χ4n) is 2.72. The van der Waals surface area contributed by atoms with Gasteiger partial charge >= 0.3 is 0 Å². The zero-order valence-corrected chi connectivity index (χ0v) is 16.8. The molecule has 0 saturated carbocycles. The van der Waals surface area contributed by atoms with Gasteiger partial charge in [-0.05, 0) is 37.3 Å². The Morgan fingerprint density at radius 3 is 2.97 bits per heavy atom. The Bertz CT molecular complexity index is 1230. The topological polar surface area (TPSA) is 98.4 Å². The van der Waals surface area contributed by atoms with Crippen molar-refractivity contribution >= 4 is 40.3 Å². The van der Waals surface area contributed by atoms with Gasteiger partial charge in [0.1, 0.15) is 11.3 Å². The molecule has 0 saturated heterocycles. The number of rotatable bonds is 7. The van der Waals surface area contributed by atoms with Crippen molar-refractivity contribution in [3.63, 3.8) is 0 Å². The molecular weight excluding hydrogens is 406 g/mol. The van der Waals surface area contributed by atoms with Gasteiger partial charge in [-0.3, -0.25) is 9.48 Å². The normalized spacial score (nSPS) is 10.7. The molecule has 0 aliphatic heterocycles. The van der Waals surface area contributed by atoms with Crippen molar-refractivity contribution in [1.82, 2.24) is 24.4 Å². The number of benzene rings is 1. The number of hydrogen-bond donors (Lipinski definition) is 2. The van der Waals surface area contributed by atoms with Crippen molar-refractivity contribution in [2.45, 2.75) is 13.5 Å². The number of ether oxygens (including phenoxy) is 1. The van der Waals surface area contributed by atoms with Gasteiger partial charge in [0.05, 0.1) is 16.9 Å². The zero-order valence-electron chi connectivity index (χ0n) is 16.0. The summed E-state index contributed by atoms with van der Waals surface area (Å²) in [5.41, 5.74) is 1.92. The average molecular weight is 424 g/mol. The van der Waals surface area contributed by atoms with Crippen molar-refractivity contribution in [1.29, 1.82) is 0 Å². The molecule has 152 valence electrons. The first kappa shape index (κ1) is 19.5. The van der Waals surface area contributed by atoms with Crippen LogP contribution in [0, 0.1) is 0 Å². The summed E-state index contributed by atoms with van der Waals surface area (Å²) >= 11 is 6.30. The number of carbonyl (C=O) groups is 1.